The fourth-order valence-corrected chi connectivity index (χ4v) is 2.56. The van der Waals surface area contributed by atoms with Gasteiger partial charge in [0.25, 0.3) is 5.91 Å². The van der Waals surface area contributed by atoms with Gasteiger partial charge >= 0.3 is 6.18 Å². The van der Waals surface area contributed by atoms with Crippen LogP contribution in [0.15, 0.2) is 36.5 Å². The van der Waals surface area contributed by atoms with E-state index in [2.05, 4.69) is 15.3 Å². The van der Waals surface area contributed by atoms with E-state index in [9.17, 15) is 23.1 Å². The molecule has 9 heteroatoms. The number of hydrogen-bond donors (Lipinski definition) is 2. The molecule has 2 heterocycles. The average Bonchev–Trinajstić information content (AvgIpc) is 3.01. The van der Waals surface area contributed by atoms with E-state index in [1.165, 1.54) is 4.90 Å². The first kappa shape index (κ1) is 17.2. The summed E-state index contributed by atoms with van der Waals surface area (Å²) in [6, 6.07) is 8.50. The standard InChI is InChI=1S/C16H15F3N4O2/c17-16(18,19)13-12(14(25)23-7-6-11(24)9-23)8-20-15(22-13)21-10-4-2-1-3-5-10/h1-5,8,11,24H,6-7,9H2,(H,20,21,22)/t11-/m1/s1. The van der Waals surface area contributed by atoms with Crippen molar-refractivity contribution in [2.45, 2.75) is 18.7 Å². The number of alkyl halides is 3. The van der Waals surface area contributed by atoms with Crippen LogP contribution in [0.25, 0.3) is 0 Å². The second-order valence-corrected chi connectivity index (χ2v) is 5.64. The first-order valence-corrected chi connectivity index (χ1v) is 7.58. The third-order valence-electron chi connectivity index (χ3n) is 3.77. The van der Waals surface area contributed by atoms with Crippen molar-refractivity contribution in [3.8, 4) is 0 Å². The zero-order chi connectivity index (χ0) is 18.0. The molecular weight excluding hydrogens is 337 g/mol. The lowest BCUT2D eigenvalue weighted by molar-refractivity contribution is -0.141. The van der Waals surface area contributed by atoms with Crippen molar-refractivity contribution in [1.29, 1.82) is 0 Å². The van der Waals surface area contributed by atoms with Crippen LogP contribution >= 0.6 is 0 Å². The van der Waals surface area contributed by atoms with Gasteiger partial charge in [-0.3, -0.25) is 4.79 Å². The van der Waals surface area contributed by atoms with E-state index >= 15 is 0 Å². The molecule has 0 saturated carbocycles. The van der Waals surface area contributed by atoms with Crippen molar-refractivity contribution >= 4 is 17.5 Å². The van der Waals surface area contributed by atoms with Crippen LogP contribution in [0.4, 0.5) is 24.8 Å². The molecule has 1 aromatic heterocycles. The Labute approximate surface area is 141 Å². The SMILES string of the molecule is O=C(c1cnc(Nc2ccccc2)nc1C(F)(F)F)N1CC[C@@H](O)C1. The zero-order valence-electron chi connectivity index (χ0n) is 13.0. The average molecular weight is 352 g/mol. The topological polar surface area (TPSA) is 78.4 Å². The summed E-state index contributed by atoms with van der Waals surface area (Å²) in [5, 5.41) is 12.1. The van der Waals surface area contributed by atoms with E-state index in [0.717, 1.165) is 6.20 Å². The van der Waals surface area contributed by atoms with Crippen molar-refractivity contribution in [1.82, 2.24) is 14.9 Å². The maximum Gasteiger partial charge on any atom is 0.434 e. The Hall–Kier alpha value is -2.68. The van der Waals surface area contributed by atoms with Crippen LogP contribution in [-0.4, -0.2) is 45.1 Å². The molecule has 0 radical (unpaired) electrons. The molecule has 2 aromatic rings. The van der Waals surface area contributed by atoms with Crippen molar-refractivity contribution in [3.63, 3.8) is 0 Å². The Morgan fingerprint density at radius 2 is 2.00 bits per heavy atom. The molecule has 0 unspecified atom stereocenters. The summed E-state index contributed by atoms with van der Waals surface area (Å²) in [6.45, 7) is 0.196. The largest absolute Gasteiger partial charge is 0.434 e. The molecule has 2 N–H and O–H groups in total. The van der Waals surface area contributed by atoms with Crippen molar-refractivity contribution in [3.05, 3.63) is 47.8 Å². The number of anilines is 2. The van der Waals surface area contributed by atoms with Gasteiger partial charge in [-0.25, -0.2) is 9.97 Å². The second kappa shape index (κ2) is 6.67. The van der Waals surface area contributed by atoms with Gasteiger partial charge in [-0.15, -0.1) is 0 Å². The molecule has 1 aliphatic rings. The van der Waals surface area contributed by atoms with Crippen LogP contribution < -0.4 is 5.32 Å². The Morgan fingerprint density at radius 3 is 2.60 bits per heavy atom. The number of likely N-dealkylation sites (tertiary alicyclic amines) is 1. The number of aliphatic hydroxyl groups is 1. The maximum absolute atomic E-state index is 13.4. The van der Waals surface area contributed by atoms with Gasteiger partial charge in [0.05, 0.1) is 11.7 Å². The van der Waals surface area contributed by atoms with Crippen molar-refractivity contribution < 1.29 is 23.1 Å². The first-order valence-electron chi connectivity index (χ1n) is 7.58. The number of carbonyl (C=O) groups is 1. The molecule has 1 fully saturated rings. The van der Waals surface area contributed by atoms with E-state index in [0.29, 0.717) is 12.1 Å². The lowest BCUT2D eigenvalue weighted by atomic mass is 10.2. The molecule has 6 nitrogen and oxygen atoms in total. The minimum absolute atomic E-state index is 0.000146. The minimum Gasteiger partial charge on any atom is -0.391 e. The molecule has 1 saturated heterocycles. The molecule has 132 valence electrons. The number of β-amino-alcohol motifs (C(OH)–C–C–N with tert-alkyl or cyclic N) is 1. The molecule has 1 aromatic carbocycles. The summed E-state index contributed by atoms with van der Waals surface area (Å²) in [5.74, 6) is -1.09. The van der Waals surface area contributed by atoms with E-state index in [-0.39, 0.29) is 19.0 Å². The monoisotopic (exact) mass is 352 g/mol. The van der Waals surface area contributed by atoms with Gasteiger partial charge in [-0.05, 0) is 18.6 Å². The van der Waals surface area contributed by atoms with Gasteiger partial charge in [0.1, 0.15) is 0 Å². The lowest BCUT2D eigenvalue weighted by Gasteiger charge is -2.18. The van der Waals surface area contributed by atoms with Crippen LogP contribution in [0.3, 0.4) is 0 Å². The molecule has 0 bridgehead atoms. The Kier molecular flexibility index (Phi) is 4.58. The smallest absolute Gasteiger partial charge is 0.391 e. The second-order valence-electron chi connectivity index (χ2n) is 5.64. The van der Waals surface area contributed by atoms with Gasteiger partial charge in [0, 0.05) is 25.0 Å². The van der Waals surface area contributed by atoms with Gasteiger partial charge in [0.15, 0.2) is 5.69 Å². The molecule has 25 heavy (non-hydrogen) atoms. The first-order chi connectivity index (χ1) is 11.8. The Bertz CT molecular complexity index is 768. The molecule has 1 atom stereocenters. The van der Waals surface area contributed by atoms with Crippen molar-refractivity contribution in [2.75, 3.05) is 18.4 Å². The van der Waals surface area contributed by atoms with Crippen LogP contribution in [0, 0.1) is 0 Å². The number of nitrogens with zero attached hydrogens (tertiary/aromatic N) is 3. The third kappa shape index (κ3) is 3.87. The number of aromatic nitrogens is 2. The van der Waals surface area contributed by atoms with Crippen LogP contribution in [0.1, 0.15) is 22.5 Å². The molecule has 1 aliphatic heterocycles. The highest BCUT2D eigenvalue weighted by molar-refractivity contribution is 5.95. The lowest BCUT2D eigenvalue weighted by Crippen LogP contribution is -2.32. The highest BCUT2D eigenvalue weighted by Gasteiger charge is 2.40. The zero-order valence-corrected chi connectivity index (χ0v) is 13.0. The predicted molar refractivity (Wildman–Crippen MR) is 83.3 cm³/mol. The molecular formula is C16H15F3N4O2. The van der Waals surface area contributed by atoms with E-state index in [1.54, 1.807) is 30.3 Å². The number of carbonyl (C=O) groups excluding carboxylic acids is 1. The van der Waals surface area contributed by atoms with Gasteiger partial charge in [0.2, 0.25) is 5.95 Å². The summed E-state index contributed by atoms with van der Waals surface area (Å²) in [4.78, 5) is 20.8. The summed E-state index contributed by atoms with van der Waals surface area (Å²) < 4.78 is 40.1. The van der Waals surface area contributed by atoms with Crippen molar-refractivity contribution in [2.24, 2.45) is 0 Å². The number of nitrogens with one attached hydrogen (secondary N) is 1. The molecule has 1 amide bonds. The normalized spacial score (nSPS) is 17.6. The summed E-state index contributed by atoms with van der Waals surface area (Å²) >= 11 is 0. The number of amides is 1. The molecule has 0 spiro atoms. The third-order valence-corrected chi connectivity index (χ3v) is 3.77. The highest BCUT2D eigenvalue weighted by atomic mass is 19.4. The summed E-state index contributed by atoms with van der Waals surface area (Å²) in [6.07, 6.45) is -4.33. The number of halogens is 3. The number of benzene rings is 1. The number of aliphatic hydroxyl groups excluding tert-OH is 1. The van der Waals surface area contributed by atoms with Crippen LogP contribution in [0.2, 0.25) is 0 Å². The minimum atomic E-state index is -4.81. The Balaban J connectivity index is 1.92. The highest BCUT2D eigenvalue weighted by Crippen LogP contribution is 2.32. The van der Waals surface area contributed by atoms with Crippen LogP contribution in [-0.2, 0) is 6.18 Å². The molecule has 0 aliphatic carbocycles. The Morgan fingerprint density at radius 1 is 1.28 bits per heavy atom. The van der Waals surface area contributed by atoms with E-state index < -0.39 is 29.4 Å². The number of hydrogen-bond acceptors (Lipinski definition) is 5. The van der Waals surface area contributed by atoms with E-state index in [1.807, 2.05) is 0 Å². The number of para-hydroxylation sites is 1. The fourth-order valence-electron chi connectivity index (χ4n) is 2.56. The fraction of sp³-hybridized carbons (Fsp3) is 0.312. The number of rotatable bonds is 3. The van der Waals surface area contributed by atoms with E-state index in [4.69, 9.17) is 0 Å². The van der Waals surface area contributed by atoms with Gasteiger partial charge in [-0.2, -0.15) is 13.2 Å². The molecule has 3 rings (SSSR count). The van der Waals surface area contributed by atoms with Gasteiger partial charge in [-0.1, -0.05) is 18.2 Å². The predicted octanol–water partition coefficient (Wildman–Crippen LogP) is 2.45. The quantitative estimate of drug-likeness (QED) is 0.887. The van der Waals surface area contributed by atoms with Gasteiger partial charge < -0.3 is 15.3 Å². The van der Waals surface area contributed by atoms with Crippen LogP contribution in [0.5, 0.6) is 0 Å². The summed E-state index contributed by atoms with van der Waals surface area (Å²) in [7, 11) is 0. The summed E-state index contributed by atoms with van der Waals surface area (Å²) in [5.41, 5.74) is -1.40. The maximum atomic E-state index is 13.4.